The molecule has 0 aromatic heterocycles. The van der Waals surface area contributed by atoms with E-state index in [2.05, 4.69) is 36.5 Å². The Morgan fingerprint density at radius 3 is 2.59 bits per heavy atom. The van der Waals surface area contributed by atoms with Crippen molar-refractivity contribution in [3.8, 4) is 0 Å². The molecule has 2 rings (SSSR count). The lowest BCUT2D eigenvalue weighted by Gasteiger charge is -2.03. The zero-order valence-electron chi connectivity index (χ0n) is 12.7. The van der Waals surface area contributed by atoms with Gasteiger partial charge in [0.15, 0.2) is 0 Å². The van der Waals surface area contributed by atoms with Gasteiger partial charge in [0.05, 0.1) is 0 Å². The van der Waals surface area contributed by atoms with E-state index in [4.69, 9.17) is 11.6 Å². The first-order valence-electron chi connectivity index (χ1n) is 7.41. The molecule has 2 aromatic carbocycles. The minimum absolute atomic E-state index is 0.0937. The molecule has 0 aliphatic rings. The Balaban J connectivity index is 1.72. The number of halogens is 1. The van der Waals surface area contributed by atoms with Gasteiger partial charge in [-0.25, -0.2) is 0 Å². The van der Waals surface area contributed by atoms with Gasteiger partial charge >= 0.3 is 0 Å². The Bertz CT molecular complexity index is 647. The van der Waals surface area contributed by atoms with Crippen LogP contribution in [0.15, 0.2) is 54.6 Å². The fourth-order valence-electron chi connectivity index (χ4n) is 2.09. The predicted octanol–water partition coefficient (Wildman–Crippen LogP) is 4.41. The van der Waals surface area contributed by atoms with Gasteiger partial charge in [-0.1, -0.05) is 59.6 Å². The van der Waals surface area contributed by atoms with E-state index in [1.165, 1.54) is 17.2 Å². The van der Waals surface area contributed by atoms with E-state index in [9.17, 15) is 4.79 Å². The van der Waals surface area contributed by atoms with Crippen LogP contribution in [-0.2, 0) is 11.2 Å². The lowest BCUT2D eigenvalue weighted by atomic mass is 10.1. The van der Waals surface area contributed by atoms with Crippen molar-refractivity contribution in [3.05, 3.63) is 76.3 Å². The number of rotatable bonds is 6. The van der Waals surface area contributed by atoms with Crippen LogP contribution in [0.1, 0.15) is 23.1 Å². The summed E-state index contributed by atoms with van der Waals surface area (Å²) in [6.07, 6.45) is 5.15. The normalized spacial score (nSPS) is 10.8. The lowest BCUT2D eigenvalue weighted by molar-refractivity contribution is -0.116. The minimum atomic E-state index is -0.0937. The number of aryl methyl sites for hydroxylation is 2. The summed E-state index contributed by atoms with van der Waals surface area (Å²) < 4.78 is 0. The number of nitrogens with one attached hydrogen (secondary N) is 1. The Morgan fingerprint density at radius 1 is 1.14 bits per heavy atom. The number of hydrogen-bond donors (Lipinski definition) is 1. The molecule has 0 heterocycles. The molecule has 0 fully saturated rings. The second-order valence-electron chi connectivity index (χ2n) is 5.24. The van der Waals surface area contributed by atoms with Crippen LogP contribution in [0.2, 0.25) is 5.02 Å². The van der Waals surface area contributed by atoms with Gasteiger partial charge in [-0.15, -0.1) is 0 Å². The first kappa shape index (κ1) is 16.3. The smallest absolute Gasteiger partial charge is 0.244 e. The van der Waals surface area contributed by atoms with Crippen molar-refractivity contribution < 1.29 is 4.79 Å². The van der Waals surface area contributed by atoms with Crippen molar-refractivity contribution in [2.45, 2.75) is 19.8 Å². The number of hydrogen-bond acceptors (Lipinski definition) is 1. The van der Waals surface area contributed by atoms with Crippen molar-refractivity contribution in [3.63, 3.8) is 0 Å². The van der Waals surface area contributed by atoms with Gasteiger partial charge in [0.1, 0.15) is 0 Å². The molecule has 0 bridgehead atoms. The third-order valence-electron chi connectivity index (χ3n) is 3.38. The SMILES string of the molecule is Cc1ccc(CCCNC(=O)/C=C/c2ccccc2Cl)cc1. The second kappa shape index (κ2) is 8.40. The highest BCUT2D eigenvalue weighted by Gasteiger charge is 1.98. The van der Waals surface area contributed by atoms with Gasteiger partial charge in [-0.2, -0.15) is 0 Å². The molecular weight excluding hydrogens is 294 g/mol. The van der Waals surface area contributed by atoms with E-state index in [0.29, 0.717) is 11.6 Å². The summed E-state index contributed by atoms with van der Waals surface area (Å²) in [5.41, 5.74) is 3.41. The number of carbonyl (C=O) groups excluding carboxylic acids is 1. The van der Waals surface area contributed by atoms with Crippen LogP contribution in [0.3, 0.4) is 0 Å². The predicted molar refractivity (Wildman–Crippen MR) is 93.0 cm³/mol. The molecule has 2 aromatic rings. The monoisotopic (exact) mass is 313 g/mol. The zero-order valence-corrected chi connectivity index (χ0v) is 13.4. The van der Waals surface area contributed by atoms with Crippen LogP contribution in [0.4, 0.5) is 0 Å². The molecule has 3 heteroatoms. The molecule has 0 atom stereocenters. The first-order chi connectivity index (χ1) is 10.6. The average Bonchev–Trinajstić information content (AvgIpc) is 2.52. The van der Waals surface area contributed by atoms with Crippen LogP contribution in [-0.4, -0.2) is 12.5 Å². The van der Waals surface area contributed by atoms with Crippen LogP contribution in [0.25, 0.3) is 6.08 Å². The molecule has 1 N–H and O–H groups in total. The van der Waals surface area contributed by atoms with E-state index < -0.39 is 0 Å². The van der Waals surface area contributed by atoms with Gasteiger partial charge in [0.25, 0.3) is 0 Å². The Labute approximate surface area is 136 Å². The minimum Gasteiger partial charge on any atom is -0.353 e. The molecule has 0 aliphatic carbocycles. The van der Waals surface area contributed by atoms with Crippen LogP contribution < -0.4 is 5.32 Å². The molecular formula is C19H20ClNO. The van der Waals surface area contributed by atoms with Crippen LogP contribution >= 0.6 is 11.6 Å². The quantitative estimate of drug-likeness (QED) is 0.621. The van der Waals surface area contributed by atoms with E-state index in [1.807, 2.05) is 18.2 Å². The molecule has 0 unspecified atom stereocenters. The largest absolute Gasteiger partial charge is 0.353 e. The lowest BCUT2D eigenvalue weighted by Crippen LogP contribution is -2.22. The van der Waals surface area contributed by atoms with Crippen molar-refractivity contribution in [1.29, 1.82) is 0 Å². The van der Waals surface area contributed by atoms with Crippen molar-refractivity contribution in [2.75, 3.05) is 6.54 Å². The molecule has 0 saturated carbocycles. The zero-order chi connectivity index (χ0) is 15.8. The van der Waals surface area contributed by atoms with E-state index in [1.54, 1.807) is 12.1 Å². The molecule has 0 aliphatic heterocycles. The number of carbonyl (C=O) groups is 1. The summed E-state index contributed by atoms with van der Waals surface area (Å²) in [5, 5.41) is 3.53. The Morgan fingerprint density at radius 2 is 1.86 bits per heavy atom. The third kappa shape index (κ3) is 5.38. The molecule has 0 saturated heterocycles. The highest BCUT2D eigenvalue weighted by molar-refractivity contribution is 6.32. The average molecular weight is 314 g/mol. The fraction of sp³-hybridized carbons (Fsp3) is 0.211. The van der Waals surface area contributed by atoms with Gasteiger partial charge in [-0.3, -0.25) is 4.79 Å². The molecule has 114 valence electrons. The van der Waals surface area contributed by atoms with Gasteiger partial charge in [0.2, 0.25) is 5.91 Å². The van der Waals surface area contributed by atoms with Crippen LogP contribution in [0, 0.1) is 6.92 Å². The van der Waals surface area contributed by atoms with Crippen molar-refractivity contribution in [1.82, 2.24) is 5.32 Å². The van der Waals surface area contributed by atoms with E-state index >= 15 is 0 Å². The number of benzene rings is 2. The fourth-order valence-corrected chi connectivity index (χ4v) is 2.29. The molecule has 2 nitrogen and oxygen atoms in total. The van der Waals surface area contributed by atoms with Gasteiger partial charge < -0.3 is 5.32 Å². The maximum absolute atomic E-state index is 11.7. The van der Waals surface area contributed by atoms with Crippen LogP contribution in [0.5, 0.6) is 0 Å². The Hall–Kier alpha value is -2.06. The highest BCUT2D eigenvalue weighted by Crippen LogP contribution is 2.16. The van der Waals surface area contributed by atoms with Gasteiger partial charge in [-0.05, 0) is 43.0 Å². The topological polar surface area (TPSA) is 29.1 Å². The summed E-state index contributed by atoms with van der Waals surface area (Å²) in [4.78, 5) is 11.7. The summed E-state index contributed by atoms with van der Waals surface area (Å²) in [7, 11) is 0. The molecule has 1 amide bonds. The van der Waals surface area contributed by atoms with Crippen molar-refractivity contribution >= 4 is 23.6 Å². The third-order valence-corrected chi connectivity index (χ3v) is 3.73. The highest BCUT2D eigenvalue weighted by atomic mass is 35.5. The Kier molecular flexibility index (Phi) is 6.23. The summed E-state index contributed by atoms with van der Waals surface area (Å²) in [6, 6.07) is 15.9. The summed E-state index contributed by atoms with van der Waals surface area (Å²) in [6.45, 7) is 2.74. The van der Waals surface area contributed by atoms with Gasteiger partial charge in [0, 0.05) is 17.6 Å². The second-order valence-corrected chi connectivity index (χ2v) is 5.64. The molecule has 22 heavy (non-hydrogen) atoms. The maximum Gasteiger partial charge on any atom is 0.244 e. The van der Waals surface area contributed by atoms with E-state index in [-0.39, 0.29) is 5.91 Å². The number of amides is 1. The maximum atomic E-state index is 11.7. The molecule has 0 spiro atoms. The van der Waals surface area contributed by atoms with Crippen molar-refractivity contribution in [2.24, 2.45) is 0 Å². The summed E-state index contributed by atoms with van der Waals surface area (Å²) in [5.74, 6) is -0.0937. The standard InChI is InChI=1S/C19H20ClNO/c1-15-8-10-16(11-9-15)5-4-14-21-19(22)13-12-17-6-2-3-7-18(17)20/h2-3,6-13H,4-5,14H2,1H3,(H,21,22)/b13-12+. The summed E-state index contributed by atoms with van der Waals surface area (Å²) >= 11 is 6.03. The molecule has 0 radical (unpaired) electrons. The van der Waals surface area contributed by atoms with E-state index in [0.717, 1.165) is 18.4 Å². The first-order valence-corrected chi connectivity index (χ1v) is 7.79.